The van der Waals surface area contributed by atoms with Crippen molar-refractivity contribution in [1.29, 1.82) is 0 Å². The van der Waals surface area contributed by atoms with Gasteiger partial charge in [0.05, 0.1) is 0 Å². The smallest absolute Gasteiger partial charge is 0.322 e. The number of hydrogen-bond acceptors (Lipinski definition) is 4. The number of carbonyl (C=O) groups excluding carboxylic acids is 2. The van der Waals surface area contributed by atoms with Crippen LogP contribution in [-0.2, 0) is 19.1 Å². The van der Waals surface area contributed by atoms with E-state index in [0.29, 0.717) is 12.8 Å². The van der Waals surface area contributed by atoms with Crippen molar-refractivity contribution in [2.45, 2.75) is 174 Å². The van der Waals surface area contributed by atoms with Crippen molar-refractivity contribution in [3.8, 4) is 0 Å². The van der Waals surface area contributed by atoms with Gasteiger partial charge in [0.25, 0.3) is 0 Å². The summed E-state index contributed by atoms with van der Waals surface area (Å²) in [6, 6.07) is 0. The lowest BCUT2D eigenvalue weighted by Crippen LogP contribution is -2.28. The van der Waals surface area contributed by atoms with Crippen LogP contribution in [0.4, 0.5) is 0 Å². The highest BCUT2D eigenvalue weighted by Crippen LogP contribution is 2.14. The molecule has 0 aromatic carbocycles. The molecular weight excluding hydrogens is 586 g/mol. The van der Waals surface area contributed by atoms with E-state index in [1.165, 1.54) is 57.8 Å². The Labute approximate surface area is 288 Å². The fourth-order valence-electron chi connectivity index (χ4n) is 5.04. The van der Waals surface area contributed by atoms with Crippen molar-refractivity contribution in [3.63, 3.8) is 0 Å². The van der Waals surface area contributed by atoms with Crippen LogP contribution in [0.5, 0.6) is 0 Å². The summed E-state index contributed by atoms with van der Waals surface area (Å²) < 4.78 is 5.85. The second kappa shape index (κ2) is 36.0. The summed E-state index contributed by atoms with van der Waals surface area (Å²) in [6.07, 6.45) is 46.4. The summed E-state index contributed by atoms with van der Waals surface area (Å²) in [6.45, 7) is 4.10. The van der Waals surface area contributed by atoms with E-state index in [2.05, 4.69) is 73.8 Å². The maximum absolute atomic E-state index is 12.6. The average molecular weight is 656 g/mol. The highest BCUT2D eigenvalue weighted by molar-refractivity contribution is 5.80. The molecular formula is C41H69NO5. The lowest BCUT2D eigenvalue weighted by atomic mass is 10.1. The molecule has 6 heteroatoms. The predicted molar refractivity (Wildman–Crippen MR) is 198 cm³/mol. The van der Waals surface area contributed by atoms with Crippen LogP contribution in [0.1, 0.15) is 168 Å². The van der Waals surface area contributed by atoms with Crippen molar-refractivity contribution >= 4 is 17.8 Å². The minimum atomic E-state index is -1.03. The molecule has 47 heavy (non-hydrogen) atoms. The number of hydrogen-bond donors (Lipinski definition) is 2. The Morgan fingerprint density at radius 2 is 1.06 bits per heavy atom. The molecule has 0 aromatic rings. The van der Waals surface area contributed by atoms with Gasteiger partial charge in [0.2, 0.25) is 5.91 Å². The topological polar surface area (TPSA) is 92.7 Å². The third-order valence-corrected chi connectivity index (χ3v) is 7.90. The Bertz CT molecular complexity index is 902. The lowest BCUT2D eigenvalue weighted by molar-refractivity contribution is -0.147. The van der Waals surface area contributed by atoms with Crippen molar-refractivity contribution in [1.82, 2.24) is 5.32 Å². The summed E-state index contributed by atoms with van der Waals surface area (Å²) in [5.41, 5.74) is 0. The van der Waals surface area contributed by atoms with Gasteiger partial charge in [-0.05, 0) is 83.1 Å². The van der Waals surface area contributed by atoms with E-state index < -0.39 is 5.97 Å². The number of carboxylic acid groups (broad SMARTS) is 1. The zero-order chi connectivity index (χ0) is 34.5. The number of ether oxygens (including phenoxy) is 1. The summed E-state index contributed by atoms with van der Waals surface area (Å²) in [7, 11) is 0. The third-order valence-electron chi connectivity index (χ3n) is 7.90. The van der Waals surface area contributed by atoms with Gasteiger partial charge in [0.15, 0.2) is 0 Å². The van der Waals surface area contributed by atoms with Gasteiger partial charge < -0.3 is 15.2 Å². The summed E-state index contributed by atoms with van der Waals surface area (Å²) in [5, 5.41) is 11.0. The number of carbonyl (C=O) groups is 3. The van der Waals surface area contributed by atoms with E-state index in [0.717, 1.165) is 83.5 Å². The second-order valence-corrected chi connectivity index (χ2v) is 12.5. The molecule has 0 aliphatic rings. The molecule has 0 saturated carbocycles. The Morgan fingerprint density at radius 1 is 0.574 bits per heavy atom. The first-order valence-electron chi connectivity index (χ1n) is 18.9. The number of aliphatic carboxylic acids is 1. The highest BCUT2D eigenvalue weighted by atomic mass is 16.5. The number of rotatable bonds is 33. The number of nitrogens with one attached hydrogen (secondary N) is 1. The Kier molecular flexibility index (Phi) is 33.7. The molecule has 0 spiro atoms. The summed E-state index contributed by atoms with van der Waals surface area (Å²) in [5.74, 6) is -1.37. The van der Waals surface area contributed by atoms with Gasteiger partial charge in [-0.2, -0.15) is 0 Å². The van der Waals surface area contributed by atoms with Crippen LogP contribution in [0, 0.1) is 0 Å². The standard InChI is InChI=1S/C41H69NO5/c1-3-5-7-9-11-12-13-14-15-16-17-18-19-20-21-22-24-26-32-36-41(46)47-38(33-29-25-23-10-8-6-4-2)34-30-27-28-31-35-39(43)42-37-40(44)45/h10-12,14-15,17-18,23,29,33,38H,3-9,13,16,19-22,24-28,30-32,34-37H2,1-2H3,(H,42,43)(H,44,45)/b12-11-,15-14-,18-17-,23-10-,33-29-. The molecule has 0 aliphatic carbocycles. The number of carboxylic acids is 1. The van der Waals surface area contributed by atoms with Crippen molar-refractivity contribution in [3.05, 3.63) is 60.8 Å². The van der Waals surface area contributed by atoms with E-state index in [4.69, 9.17) is 9.84 Å². The molecule has 268 valence electrons. The molecule has 6 nitrogen and oxygen atoms in total. The molecule has 1 unspecified atom stereocenters. The Balaban J connectivity index is 4.11. The minimum absolute atomic E-state index is 0.115. The fourth-order valence-corrected chi connectivity index (χ4v) is 5.04. The largest absolute Gasteiger partial charge is 0.480 e. The maximum atomic E-state index is 12.6. The zero-order valence-corrected chi connectivity index (χ0v) is 30.1. The van der Waals surface area contributed by atoms with Crippen LogP contribution in [0.2, 0.25) is 0 Å². The van der Waals surface area contributed by atoms with Gasteiger partial charge in [-0.25, -0.2) is 0 Å². The number of unbranched alkanes of at least 4 members (excludes halogenated alkanes) is 14. The van der Waals surface area contributed by atoms with Crippen LogP contribution in [0.25, 0.3) is 0 Å². The van der Waals surface area contributed by atoms with E-state index >= 15 is 0 Å². The van der Waals surface area contributed by atoms with Crippen molar-refractivity contribution < 1.29 is 24.2 Å². The van der Waals surface area contributed by atoms with Gasteiger partial charge >= 0.3 is 11.9 Å². The second-order valence-electron chi connectivity index (χ2n) is 12.5. The average Bonchev–Trinajstić information content (AvgIpc) is 3.05. The molecule has 0 saturated heterocycles. The van der Waals surface area contributed by atoms with Gasteiger partial charge in [0.1, 0.15) is 12.6 Å². The maximum Gasteiger partial charge on any atom is 0.322 e. The van der Waals surface area contributed by atoms with Gasteiger partial charge in [-0.15, -0.1) is 0 Å². The molecule has 0 heterocycles. The van der Waals surface area contributed by atoms with Crippen LogP contribution in [-0.4, -0.2) is 35.6 Å². The highest BCUT2D eigenvalue weighted by Gasteiger charge is 2.11. The lowest BCUT2D eigenvalue weighted by Gasteiger charge is -2.14. The van der Waals surface area contributed by atoms with Crippen LogP contribution < -0.4 is 5.32 Å². The third kappa shape index (κ3) is 35.8. The predicted octanol–water partition coefficient (Wildman–Crippen LogP) is 11.3. The van der Waals surface area contributed by atoms with Crippen LogP contribution in [0.3, 0.4) is 0 Å². The first-order valence-corrected chi connectivity index (χ1v) is 18.9. The van der Waals surface area contributed by atoms with Gasteiger partial charge in [-0.1, -0.05) is 133 Å². The summed E-state index contributed by atoms with van der Waals surface area (Å²) in [4.78, 5) is 34.8. The SMILES string of the molecule is CCCC/C=C\C/C=C\C(CCCCCCC(=O)NCC(=O)O)OC(=O)CCCCCCCC/C=C\C/C=C\C/C=C\CCCCC. The van der Waals surface area contributed by atoms with Crippen LogP contribution >= 0.6 is 0 Å². The monoisotopic (exact) mass is 656 g/mol. The molecule has 1 atom stereocenters. The molecule has 1 amide bonds. The van der Waals surface area contributed by atoms with E-state index in [-0.39, 0.29) is 24.5 Å². The first-order chi connectivity index (χ1) is 23.0. The molecule has 0 bridgehead atoms. The number of esters is 1. The van der Waals surface area contributed by atoms with Crippen LogP contribution in [0.15, 0.2) is 60.8 Å². The normalized spacial score (nSPS) is 12.7. The molecule has 0 radical (unpaired) electrons. The van der Waals surface area contributed by atoms with Crippen molar-refractivity contribution in [2.24, 2.45) is 0 Å². The number of amides is 1. The van der Waals surface area contributed by atoms with Gasteiger partial charge in [0, 0.05) is 12.8 Å². The minimum Gasteiger partial charge on any atom is -0.480 e. The van der Waals surface area contributed by atoms with Gasteiger partial charge in [-0.3, -0.25) is 14.4 Å². The number of allylic oxidation sites excluding steroid dienone is 9. The Hall–Kier alpha value is -2.89. The Morgan fingerprint density at radius 3 is 1.68 bits per heavy atom. The molecule has 0 rings (SSSR count). The molecule has 2 N–H and O–H groups in total. The fraction of sp³-hybridized carbons (Fsp3) is 0.683. The molecule has 0 aliphatic heterocycles. The van der Waals surface area contributed by atoms with E-state index in [9.17, 15) is 14.4 Å². The van der Waals surface area contributed by atoms with E-state index in [1.807, 2.05) is 6.08 Å². The van der Waals surface area contributed by atoms with Crippen molar-refractivity contribution in [2.75, 3.05) is 6.54 Å². The van der Waals surface area contributed by atoms with E-state index in [1.54, 1.807) is 0 Å². The summed E-state index contributed by atoms with van der Waals surface area (Å²) >= 11 is 0. The quantitative estimate of drug-likeness (QED) is 0.0417. The first kappa shape index (κ1) is 44.1. The molecule has 0 aromatic heterocycles. The zero-order valence-electron chi connectivity index (χ0n) is 30.1. The molecule has 0 fully saturated rings.